The maximum absolute atomic E-state index is 13.0. The minimum Gasteiger partial charge on any atom is -0.324 e. The number of hydrogen-bond donors (Lipinski definition) is 3. The van der Waals surface area contributed by atoms with Crippen LogP contribution >= 0.6 is 0 Å². The van der Waals surface area contributed by atoms with E-state index in [1.807, 2.05) is 79.7 Å². The van der Waals surface area contributed by atoms with E-state index in [9.17, 15) is 4.79 Å². The number of nitrogens with one attached hydrogen (secondary N) is 3. The van der Waals surface area contributed by atoms with Gasteiger partial charge in [0.25, 0.3) is 5.91 Å². The van der Waals surface area contributed by atoms with Gasteiger partial charge in [-0.05, 0) is 66.8 Å². The monoisotopic (exact) mass is 529 g/mol. The zero-order valence-electron chi connectivity index (χ0n) is 23.4. The standard InChI is InChI=1S/C34H35N5O/c1-22(2)32-28-17-11-12-18-29(28)37-34(39-32)38-31-19-23(3)30(36-33(40)26-15-9-6-10-16-26)20-27(31)21-35-24(4)25-13-7-5-8-14-25/h5-20,22,24,35H,21H2,1-4H3,(H,36,40)(H,37,38,39). The first-order valence-corrected chi connectivity index (χ1v) is 13.7. The van der Waals surface area contributed by atoms with Gasteiger partial charge in [-0.1, -0.05) is 80.6 Å². The van der Waals surface area contributed by atoms with Crippen LogP contribution in [0.2, 0.25) is 0 Å². The largest absolute Gasteiger partial charge is 0.324 e. The quantitative estimate of drug-likeness (QED) is 0.181. The molecule has 6 heteroatoms. The topological polar surface area (TPSA) is 78.9 Å². The van der Waals surface area contributed by atoms with E-state index in [1.54, 1.807) is 0 Å². The summed E-state index contributed by atoms with van der Waals surface area (Å²) in [4.78, 5) is 22.7. The molecule has 1 atom stereocenters. The highest BCUT2D eigenvalue weighted by atomic mass is 16.1. The van der Waals surface area contributed by atoms with Crippen LogP contribution in [0.15, 0.2) is 97.1 Å². The third-order valence-corrected chi connectivity index (χ3v) is 7.06. The number of carbonyl (C=O) groups is 1. The van der Waals surface area contributed by atoms with Crippen molar-refractivity contribution in [3.8, 4) is 0 Å². The second-order valence-electron chi connectivity index (χ2n) is 10.4. The number of fused-ring (bicyclic) bond motifs is 1. The molecule has 0 fully saturated rings. The van der Waals surface area contributed by atoms with Gasteiger partial charge in [0.15, 0.2) is 0 Å². The van der Waals surface area contributed by atoms with Gasteiger partial charge >= 0.3 is 0 Å². The molecule has 0 spiro atoms. The third kappa shape index (κ3) is 6.19. The number of hydrogen-bond acceptors (Lipinski definition) is 5. The van der Waals surface area contributed by atoms with Crippen LogP contribution in [0.4, 0.5) is 17.3 Å². The van der Waals surface area contributed by atoms with Crippen molar-refractivity contribution in [1.29, 1.82) is 0 Å². The fraction of sp³-hybridized carbons (Fsp3) is 0.206. The number of benzene rings is 4. The summed E-state index contributed by atoms with van der Waals surface area (Å²) in [6.07, 6.45) is 0. The summed E-state index contributed by atoms with van der Waals surface area (Å²) < 4.78 is 0. The lowest BCUT2D eigenvalue weighted by molar-refractivity contribution is 0.102. The van der Waals surface area contributed by atoms with Gasteiger partial charge in [-0.3, -0.25) is 4.79 Å². The Morgan fingerprint density at radius 3 is 2.20 bits per heavy atom. The molecule has 0 saturated heterocycles. The molecule has 1 amide bonds. The van der Waals surface area contributed by atoms with E-state index in [-0.39, 0.29) is 17.9 Å². The molecule has 1 heterocycles. The number of anilines is 3. The smallest absolute Gasteiger partial charge is 0.255 e. The van der Waals surface area contributed by atoms with Gasteiger partial charge < -0.3 is 16.0 Å². The van der Waals surface area contributed by atoms with Gasteiger partial charge in [-0.2, -0.15) is 0 Å². The van der Waals surface area contributed by atoms with Crippen molar-refractivity contribution in [2.75, 3.05) is 10.6 Å². The number of aromatic nitrogens is 2. The lowest BCUT2D eigenvalue weighted by Crippen LogP contribution is -2.20. The van der Waals surface area contributed by atoms with Crippen LogP contribution in [0.3, 0.4) is 0 Å². The maximum Gasteiger partial charge on any atom is 0.255 e. The Kier molecular flexibility index (Phi) is 8.18. The fourth-order valence-corrected chi connectivity index (χ4v) is 4.77. The van der Waals surface area contributed by atoms with E-state index in [2.05, 4.69) is 61.0 Å². The number of carbonyl (C=O) groups excluding carboxylic acids is 1. The average molecular weight is 530 g/mol. The van der Waals surface area contributed by atoms with Crippen molar-refractivity contribution >= 4 is 34.1 Å². The molecule has 5 aromatic rings. The van der Waals surface area contributed by atoms with Gasteiger partial charge in [0.1, 0.15) is 0 Å². The van der Waals surface area contributed by atoms with E-state index in [0.717, 1.165) is 39.1 Å². The molecule has 4 aromatic carbocycles. The number of nitrogens with zero attached hydrogens (tertiary/aromatic N) is 2. The molecule has 0 aliphatic heterocycles. The van der Waals surface area contributed by atoms with Crippen molar-refractivity contribution in [3.63, 3.8) is 0 Å². The number of para-hydroxylation sites is 1. The molecule has 40 heavy (non-hydrogen) atoms. The summed E-state index contributed by atoms with van der Waals surface area (Å²) in [7, 11) is 0. The molecule has 0 radical (unpaired) electrons. The highest BCUT2D eigenvalue weighted by Crippen LogP contribution is 2.30. The van der Waals surface area contributed by atoms with Crippen molar-refractivity contribution in [2.45, 2.75) is 46.2 Å². The number of rotatable bonds is 9. The molecular formula is C34H35N5O. The van der Waals surface area contributed by atoms with E-state index in [0.29, 0.717) is 18.1 Å². The summed E-state index contributed by atoms with van der Waals surface area (Å²) in [6, 6.07) is 32.0. The molecule has 5 rings (SSSR count). The Balaban J connectivity index is 1.49. The number of amides is 1. The van der Waals surface area contributed by atoms with Gasteiger partial charge in [0, 0.05) is 34.9 Å². The minimum absolute atomic E-state index is 0.139. The van der Waals surface area contributed by atoms with Gasteiger partial charge in [0.05, 0.1) is 11.2 Å². The average Bonchev–Trinajstić information content (AvgIpc) is 2.98. The normalized spacial score (nSPS) is 11.9. The summed E-state index contributed by atoms with van der Waals surface area (Å²) in [6.45, 7) is 9.02. The molecule has 0 saturated carbocycles. The summed E-state index contributed by atoms with van der Waals surface area (Å²) in [5.41, 5.74) is 7.35. The van der Waals surface area contributed by atoms with Crippen LogP contribution in [0.5, 0.6) is 0 Å². The van der Waals surface area contributed by atoms with Crippen molar-refractivity contribution in [2.24, 2.45) is 0 Å². The van der Waals surface area contributed by atoms with Crippen molar-refractivity contribution < 1.29 is 4.79 Å². The van der Waals surface area contributed by atoms with Crippen LogP contribution in [0, 0.1) is 6.92 Å². The predicted octanol–water partition coefficient (Wildman–Crippen LogP) is 7.91. The predicted molar refractivity (Wildman–Crippen MR) is 164 cm³/mol. The van der Waals surface area contributed by atoms with E-state index >= 15 is 0 Å². The highest BCUT2D eigenvalue weighted by molar-refractivity contribution is 6.04. The molecule has 202 valence electrons. The molecule has 6 nitrogen and oxygen atoms in total. The first-order valence-electron chi connectivity index (χ1n) is 13.7. The summed E-state index contributed by atoms with van der Waals surface area (Å²) in [5.74, 6) is 0.666. The van der Waals surface area contributed by atoms with Crippen LogP contribution in [0.1, 0.15) is 65.5 Å². The molecule has 0 bridgehead atoms. The lowest BCUT2D eigenvalue weighted by Gasteiger charge is -2.20. The molecule has 1 unspecified atom stereocenters. The van der Waals surface area contributed by atoms with Gasteiger partial charge in [-0.25, -0.2) is 9.97 Å². The third-order valence-electron chi connectivity index (χ3n) is 7.06. The van der Waals surface area contributed by atoms with E-state index < -0.39 is 0 Å². The Labute approximate surface area is 235 Å². The highest BCUT2D eigenvalue weighted by Gasteiger charge is 2.16. The molecule has 0 aliphatic rings. The Hall–Kier alpha value is -4.55. The van der Waals surface area contributed by atoms with Gasteiger partial charge in [-0.15, -0.1) is 0 Å². The fourth-order valence-electron chi connectivity index (χ4n) is 4.77. The van der Waals surface area contributed by atoms with Crippen molar-refractivity contribution in [3.05, 3.63) is 125 Å². The van der Waals surface area contributed by atoms with Crippen LogP contribution in [-0.2, 0) is 6.54 Å². The first kappa shape index (κ1) is 27.0. The van der Waals surface area contributed by atoms with E-state index in [1.165, 1.54) is 5.56 Å². The first-order chi connectivity index (χ1) is 19.4. The maximum atomic E-state index is 13.0. The molecular weight excluding hydrogens is 494 g/mol. The SMILES string of the molecule is Cc1cc(Nc2nc(C(C)C)c3ccccc3n2)c(CNC(C)c2ccccc2)cc1NC(=O)c1ccccc1. The zero-order valence-corrected chi connectivity index (χ0v) is 23.4. The minimum atomic E-state index is -0.139. The van der Waals surface area contributed by atoms with Crippen molar-refractivity contribution in [1.82, 2.24) is 15.3 Å². The van der Waals surface area contributed by atoms with Crippen LogP contribution in [-0.4, -0.2) is 15.9 Å². The van der Waals surface area contributed by atoms with Gasteiger partial charge in [0.2, 0.25) is 5.95 Å². The lowest BCUT2D eigenvalue weighted by atomic mass is 10.0. The second kappa shape index (κ2) is 12.1. The zero-order chi connectivity index (χ0) is 28.1. The summed E-state index contributed by atoms with van der Waals surface area (Å²) in [5, 5.41) is 11.3. The molecule has 1 aromatic heterocycles. The molecule has 0 aliphatic carbocycles. The Bertz CT molecular complexity index is 1620. The van der Waals surface area contributed by atoms with Crippen LogP contribution < -0.4 is 16.0 Å². The summed E-state index contributed by atoms with van der Waals surface area (Å²) >= 11 is 0. The Morgan fingerprint density at radius 2 is 1.48 bits per heavy atom. The Morgan fingerprint density at radius 1 is 0.800 bits per heavy atom. The number of aryl methyl sites for hydroxylation is 1. The molecule has 3 N–H and O–H groups in total. The van der Waals surface area contributed by atoms with E-state index in [4.69, 9.17) is 9.97 Å². The van der Waals surface area contributed by atoms with Crippen LogP contribution in [0.25, 0.3) is 10.9 Å². The second-order valence-corrected chi connectivity index (χ2v) is 10.4.